The number of nitrogens with one attached hydrogen (secondary N) is 1. The second-order valence-corrected chi connectivity index (χ2v) is 8.19. The number of benzene rings is 2. The van der Waals surface area contributed by atoms with E-state index in [4.69, 9.17) is 14.2 Å². The number of urea groups is 1. The molecule has 0 aliphatic heterocycles. The minimum Gasteiger partial charge on any atom is -0.497 e. The molecule has 0 saturated heterocycles. The van der Waals surface area contributed by atoms with Crippen LogP contribution in [0.1, 0.15) is 45.1 Å². The third-order valence-corrected chi connectivity index (χ3v) is 5.53. The lowest BCUT2D eigenvalue weighted by atomic mass is 10.1. The summed E-state index contributed by atoms with van der Waals surface area (Å²) in [5, 5.41) is 12.2. The molecule has 192 valence electrons. The largest absolute Gasteiger partial charge is 0.497 e. The molecule has 0 saturated carbocycles. The summed E-state index contributed by atoms with van der Waals surface area (Å²) in [5.41, 5.74) is 1.56. The molecule has 0 aliphatic carbocycles. The molecule has 0 fully saturated rings. The second kappa shape index (κ2) is 15.6. The summed E-state index contributed by atoms with van der Waals surface area (Å²) in [7, 11) is 1.60. The topological polar surface area (TPSA) is 97.3 Å². The van der Waals surface area contributed by atoms with Gasteiger partial charge in [-0.05, 0) is 55.3 Å². The van der Waals surface area contributed by atoms with E-state index in [-0.39, 0.29) is 6.03 Å². The van der Waals surface area contributed by atoms with Crippen molar-refractivity contribution in [2.45, 2.75) is 52.1 Å². The number of hydrogen-bond donors (Lipinski definition) is 2. The molecule has 2 aromatic rings. The van der Waals surface area contributed by atoms with Gasteiger partial charge in [0, 0.05) is 25.3 Å². The first-order valence-electron chi connectivity index (χ1n) is 12.2. The fourth-order valence-corrected chi connectivity index (χ4v) is 3.55. The molecule has 0 spiro atoms. The second-order valence-electron chi connectivity index (χ2n) is 8.19. The van der Waals surface area contributed by atoms with Crippen molar-refractivity contribution in [2.75, 3.05) is 38.7 Å². The molecule has 2 amide bonds. The van der Waals surface area contributed by atoms with E-state index in [1.807, 2.05) is 36.4 Å². The standard InChI is InChI=1S/C27H38N2O6/c1-4-6-7-8-17-29(27(32)28-22-11-15-23(33-3)16-12-22)18-19-35-24-13-9-21(10-14-24)20-25(26(30)31)34-5-2/h9-16,25H,4-8,17-20H2,1-3H3,(H,28,32)(H,30,31). The van der Waals surface area contributed by atoms with E-state index in [0.29, 0.717) is 44.2 Å². The number of carboxylic acid groups (broad SMARTS) is 1. The van der Waals surface area contributed by atoms with Gasteiger partial charge in [0.2, 0.25) is 0 Å². The van der Waals surface area contributed by atoms with Gasteiger partial charge in [-0.1, -0.05) is 38.3 Å². The van der Waals surface area contributed by atoms with Crippen LogP contribution in [0.25, 0.3) is 0 Å². The van der Waals surface area contributed by atoms with E-state index < -0.39 is 12.1 Å². The van der Waals surface area contributed by atoms with Crippen LogP contribution >= 0.6 is 0 Å². The zero-order valence-corrected chi connectivity index (χ0v) is 21.0. The molecule has 0 heterocycles. The fraction of sp³-hybridized carbons (Fsp3) is 0.481. The molecule has 1 unspecified atom stereocenters. The van der Waals surface area contributed by atoms with Crippen molar-refractivity contribution >= 4 is 17.7 Å². The number of carbonyl (C=O) groups is 2. The summed E-state index contributed by atoms with van der Waals surface area (Å²) in [4.78, 5) is 26.0. The lowest BCUT2D eigenvalue weighted by Gasteiger charge is -2.23. The van der Waals surface area contributed by atoms with Gasteiger partial charge < -0.3 is 29.5 Å². The Morgan fingerprint density at radius 1 is 0.943 bits per heavy atom. The smallest absolute Gasteiger partial charge is 0.333 e. The average Bonchev–Trinajstić information content (AvgIpc) is 2.86. The van der Waals surface area contributed by atoms with E-state index in [1.165, 1.54) is 0 Å². The highest BCUT2D eigenvalue weighted by molar-refractivity contribution is 5.89. The molecule has 0 aromatic heterocycles. The average molecular weight is 487 g/mol. The molecular formula is C27H38N2O6. The summed E-state index contributed by atoms with van der Waals surface area (Å²) < 4.78 is 16.3. The molecule has 35 heavy (non-hydrogen) atoms. The Morgan fingerprint density at radius 2 is 1.63 bits per heavy atom. The number of ether oxygens (including phenoxy) is 3. The number of carbonyl (C=O) groups excluding carboxylic acids is 1. The number of methoxy groups -OCH3 is 1. The summed E-state index contributed by atoms with van der Waals surface area (Å²) in [6, 6.07) is 14.4. The van der Waals surface area contributed by atoms with Crippen LogP contribution in [0.2, 0.25) is 0 Å². The molecule has 0 aliphatic rings. The highest BCUT2D eigenvalue weighted by Gasteiger charge is 2.18. The SMILES string of the molecule is CCCCCCN(CCOc1ccc(CC(OCC)C(=O)O)cc1)C(=O)Nc1ccc(OC)cc1. The maximum absolute atomic E-state index is 12.9. The van der Waals surface area contributed by atoms with Crippen LogP contribution in [0.5, 0.6) is 11.5 Å². The zero-order valence-electron chi connectivity index (χ0n) is 21.0. The van der Waals surface area contributed by atoms with Crippen molar-refractivity contribution in [1.29, 1.82) is 0 Å². The van der Waals surface area contributed by atoms with Crippen LogP contribution < -0.4 is 14.8 Å². The number of carboxylic acids is 1. The van der Waals surface area contributed by atoms with Gasteiger partial charge in [0.1, 0.15) is 18.1 Å². The van der Waals surface area contributed by atoms with E-state index in [2.05, 4.69) is 12.2 Å². The quantitative estimate of drug-likeness (QED) is 0.316. The molecule has 0 bridgehead atoms. The van der Waals surface area contributed by atoms with Gasteiger partial charge >= 0.3 is 12.0 Å². The summed E-state index contributed by atoms with van der Waals surface area (Å²) in [6.07, 6.45) is 3.71. The van der Waals surface area contributed by atoms with Crippen molar-refractivity contribution in [3.05, 3.63) is 54.1 Å². The van der Waals surface area contributed by atoms with Gasteiger partial charge in [-0.3, -0.25) is 0 Å². The van der Waals surface area contributed by atoms with Gasteiger partial charge in [0.25, 0.3) is 0 Å². The van der Waals surface area contributed by atoms with E-state index in [9.17, 15) is 14.7 Å². The number of unbranched alkanes of at least 4 members (excludes halogenated alkanes) is 3. The third-order valence-electron chi connectivity index (χ3n) is 5.53. The van der Waals surface area contributed by atoms with Gasteiger partial charge in [0.05, 0.1) is 13.7 Å². The van der Waals surface area contributed by atoms with E-state index in [0.717, 1.165) is 37.0 Å². The lowest BCUT2D eigenvalue weighted by molar-refractivity contribution is -0.149. The molecular weight excluding hydrogens is 448 g/mol. The number of hydrogen-bond acceptors (Lipinski definition) is 5. The fourth-order valence-electron chi connectivity index (χ4n) is 3.55. The van der Waals surface area contributed by atoms with Crippen molar-refractivity contribution < 1.29 is 28.9 Å². The Balaban J connectivity index is 1.90. The maximum atomic E-state index is 12.9. The molecule has 0 radical (unpaired) electrons. The highest BCUT2D eigenvalue weighted by atomic mass is 16.5. The van der Waals surface area contributed by atoms with Gasteiger partial charge in [0.15, 0.2) is 6.10 Å². The third kappa shape index (κ3) is 10.3. The monoisotopic (exact) mass is 486 g/mol. The van der Waals surface area contributed by atoms with Crippen molar-refractivity contribution in [3.8, 4) is 11.5 Å². The summed E-state index contributed by atoms with van der Waals surface area (Å²) in [5.74, 6) is 0.424. The minimum absolute atomic E-state index is 0.166. The van der Waals surface area contributed by atoms with Crippen LogP contribution in [0.3, 0.4) is 0 Å². The molecule has 8 nitrogen and oxygen atoms in total. The van der Waals surface area contributed by atoms with Crippen LogP contribution in [0.15, 0.2) is 48.5 Å². The molecule has 1 atom stereocenters. The number of amides is 2. The van der Waals surface area contributed by atoms with Gasteiger partial charge in [-0.25, -0.2) is 9.59 Å². The number of nitrogens with zero attached hydrogens (tertiary/aromatic N) is 1. The Bertz CT molecular complexity index is 886. The van der Waals surface area contributed by atoms with Crippen LogP contribution in [-0.4, -0.2) is 61.5 Å². The van der Waals surface area contributed by atoms with E-state index >= 15 is 0 Å². The first-order chi connectivity index (χ1) is 17.0. The first kappa shape index (κ1) is 28.0. The molecule has 8 heteroatoms. The van der Waals surface area contributed by atoms with Crippen LogP contribution in [-0.2, 0) is 16.0 Å². The summed E-state index contributed by atoms with van der Waals surface area (Å²) in [6.45, 7) is 5.72. The minimum atomic E-state index is -0.973. The Morgan fingerprint density at radius 3 is 2.23 bits per heavy atom. The maximum Gasteiger partial charge on any atom is 0.333 e. The number of aliphatic carboxylic acids is 1. The van der Waals surface area contributed by atoms with Crippen LogP contribution in [0.4, 0.5) is 10.5 Å². The normalized spacial score (nSPS) is 11.5. The lowest BCUT2D eigenvalue weighted by Crippen LogP contribution is -2.38. The van der Waals surface area contributed by atoms with Crippen LogP contribution in [0, 0.1) is 0 Å². The van der Waals surface area contributed by atoms with Crippen molar-refractivity contribution in [3.63, 3.8) is 0 Å². The van der Waals surface area contributed by atoms with Crippen molar-refractivity contribution in [1.82, 2.24) is 4.90 Å². The van der Waals surface area contributed by atoms with Gasteiger partial charge in [-0.2, -0.15) is 0 Å². The van der Waals surface area contributed by atoms with Crippen molar-refractivity contribution in [2.24, 2.45) is 0 Å². The number of rotatable bonds is 16. The van der Waals surface area contributed by atoms with E-state index in [1.54, 1.807) is 31.1 Å². The Labute approximate surface area is 208 Å². The Kier molecular flexibility index (Phi) is 12.5. The highest BCUT2D eigenvalue weighted by Crippen LogP contribution is 2.17. The number of anilines is 1. The Hall–Kier alpha value is -3.26. The first-order valence-corrected chi connectivity index (χ1v) is 12.2. The summed E-state index contributed by atoms with van der Waals surface area (Å²) >= 11 is 0. The zero-order chi connectivity index (χ0) is 25.5. The molecule has 2 N–H and O–H groups in total. The molecule has 2 aromatic carbocycles. The molecule has 2 rings (SSSR count). The predicted octanol–water partition coefficient (Wildman–Crippen LogP) is 5.22. The van der Waals surface area contributed by atoms with Gasteiger partial charge in [-0.15, -0.1) is 0 Å². The predicted molar refractivity (Wildman–Crippen MR) is 136 cm³/mol.